The quantitative estimate of drug-likeness (QED) is 0.779. The fourth-order valence-corrected chi connectivity index (χ4v) is 2.57. The number of benzene rings is 1. The predicted octanol–water partition coefficient (Wildman–Crippen LogP) is 2.09. The molecule has 19 heavy (non-hydrogen) atoms. The van der Waals surface area contributed by atoms with Crippen LogP contribution in [0.15, 0.2) is 24.3 Å². The number of likely N-dealkylation sites (tertiary alicyclic amines) is 1. The largest absolute Gasteiger partial charge is 0.468 e. The van der Waals surface area contributed by atoms with E-state index in [0.717, 1.165) is 31.4 Å². The second-order valence-corrected chi connectivity index (χ2v) is 4.77. The molecule has 1 fully saturated rings. The maximum absolute atomic E-state index is 11.8. The summed E-state index contributed by atoms with van der Waals surface area (Å²) < 4.78 is 4.87. The lowest BCUT2D eigenvalue weighted by molar-refractivity contribution is -0.148. The Balaban J connectivity index is 2.16. The van der Waals surface area contributed by atoms with E-state index < -0.39 is 0 Å². The summed E-state index contributed by atoms with van der Waals surface area (Å²) in [5.41, 5.74) is 1.65. The van der Waals surface area contributed by atoms with Crippen molar-refractivity contribution in [2.24, 2.45) is 0 Å². The Kier molecular flexibility index (Phi) is 4.53. The molecule has 0 aromatic heterocycles. The first-order chi connectivity index (χ1) is 9.26. The van der Waals surface area contributed by atoms with E-state index in [2.05, 4.69) is 11.0 Å². The molecular formula is C15H18N2O2. The van der Waals surface area contributed by atoms with Gasteiger partial charge in [-0.3, -0.25) is 9.69 Å². The van der Waals surface area contributed by atoms with Crippen molar-refractivity contribution in [3.05, 3.63) is 35.4 Å². The number of carbonyl (C=O) groups excluding carboxylic acids is 1. The van der Waals surface area contributed by atoms with Gasteiger partial charge in [-0.1, -0.05) is 24.6 Å². The van der Waals surface area contributed by atoms with Gasteiger partial charge in [0.2, 0.25) is 0 Å². The molecule has 4 heteroatoms. The van der Waals surface area contributed by atoms with Crippen molar-refractivity contribution in [3.8, 4) is 6.07 Å². The Morgan fingerprint density at radius 3 is 3.00 bits per heavy atom. The average Bonchev–Trinajstić information content (AvgIpc) is 2.47. The molecule has 4 nitrogen and oxygen atoms in total. The van der Waals surface area contributed by atoms with Gasteiger partial charge in [-0.25, -0.2) is 0 Å². The zero-order valence-corrected chi connectivity index (χ0v) is 11.1. The lowest BCUT2D eigenvalue weighted by atomic mass is 10.00. The van der Waals surface area contributed by atoms with Crippen LogP contribution < -0.4 is 0 Å². The van der Waals surface area contributed by atoms with Crippen molar-refractivity contribution in [2.75, 3.05) is 13.7 Å². The number of esters is 1. The summed E-state index contributed by atoms with van der Waals surface area (Å²) in [7, 11) is 1.43. The minimum absolute atomic E-state index is 0.172. The SMILES string of the molecule is COC(=O)[C@H]1CCCCN1Cc1ccccc1C#N. The molecule has 0 saturated carbocycles. The third kappa shape index (κ3) is 3.12. The van der Waals surface area contributed by atoms with Crippen LogP contribution in [0.1, 0.15) is 30.4 Å². The van der Waals surface area contributed by atoms with Crippen LogP contribution in [0.2, 0.25) is 0 Å². The number of nitrogens with zero attached hydrogens (tertiary/aromatic N) is 2. The van der Waals surface area contributed by atoms with Crippen molar-refractivity contribution in [1.29, 1.82) is 5.26 Å². The Morgan fingerprint density at radius 2 is 2.26 bits per heavy atom. The van der Waals surface area contributed by atoms with E-state index in [0.29, 0.717) is 12.1 Å². The molecule has 100 valence electrons. The third-order valence-electron chi connectivity index (χ3n) is 3.60. The lowest BCUT2D eigenvalue weighted by Gasteiger charge is -2.33. The fraction of sp³-hybridized carbons (Fsp3) is 0.467. The van der Waals surface area contributed by atoms with Crippen LogP contribution >= 0.6 is 0 Å². The molecule has 0 N–H and O–H groups in total. The first-order valence-corrected chi connectivity index (χ1v) is 6.56. The number of hydrogen-bond acceptors (Lipinski definition) is 4. The van der Waals surface area contributed by atoms with Gasteiger partial charge in [-0.2, -0.15) is 5.26 Å². The molecule has 1 aliphatic rings. The number of methoxy groups -OCH3 is 1. The zero-order valence-electron chi connectivity index (χ0n) is 11.1. The summed E-state index contributed by atoms with van der Waals surface area (Å²) in [5, 5.41) is 9.11. The van der Waals surface area contributed by atoms with E-state index in [9.17, 15) is 4.79 Å². The summed E-state index contributed by atoms with van der Waals surface area (Å²) in [6, 6.07) is 9.56. The van der Waals surface area contributed by atoms with E-state index in [1.165, 1.54) is 7.11 Å². The molecule has 0 unspecified atom stereocenters. The molecule has 0 radical (unpaired) electrons. The number of ether oxygens (including phenoxy) is 1. The predicted molar refractivity (Wildman–Crippen MR) is 71.2 cm³/mol. The van der Waals surface area contributed by atoms with Crippen molar-refractivity contribution in [1.82, 2.24) is 4.90 Å². The highest BCUT2D eigenvalue weighted by Gasteiger charge is 2.29. The number of piperidine rings is 1. The van der Waals surface area contributed by atoms with Crippen molar-refractivity contribution in [3.63, 3.8) is 0 Å². The van der Waals surface area contributed by atoms with Crippen LogP contribution in [0.25, 0.3) is 0 Å². The molecule has 0 amide bonds. The highest BCUT2D eigenvalue weighted by molar-refractivity contribution is 5.75. The normalized spacial score (nSPS) is 19.7. The van der Waals surface area contributed by atoms with Gasteiger partial charge in [0.1, 0.15) is 6.04 Å². The third-order valence-corrected chi connectivity index (χ3v) is 3.60. The summed E-state index contributed by atoms with van der Waals surface area (Å²) in [4.78, 5) is 13.9. The van der Waals surface area contributed by atoms with E-state index in [4.69, 9.17) is 10.00 Å². The van der Waals surface area contributed by atoms with Crippen molar-refractivity contribution < 1.29 is 9.53 Å². The Labute approximate surface area is 113 Å². The number of rotatable bonds is 3. The molecule has 0 bridgehead atoms. The van der Waals surface area contributed by atoms with Gasteiger partial charge in [0.05, 0.1) is 18.7 Å². The summed E-state index contributed by atoms with van der Waals surface area (Å²) >= 11 is 0. The summed E-state index contributed by atoms with van der Waals surface area (Å²) in [5.74, 6) is -0.172. The maximum Gasteiger partial charge on any atom is 0.323 e. The van der Waals surface area contributed by atoms with Gasteiger partial charge >= 0.3 is 5.97 Å². The van der Waals surface area contributed by atoms with Gasteiger partial charge in [-0.15, -0.1) is 0 Å². The molecule has 1 atom stereocenters. The second kappa shape index (κ2) is 6.35. The van der Waals surface area contributed by atoms with Crippen LogP contribution in [-0.4, -0.2) is 30.6 Å². The average molecular weight is 258 g/mol. The zero-order chi connectivity index (χ0) is 13.7. The molecule has 1 aromatic carbocycles. The lowest BCUT2D eigenvalue weighted by Crippen LogP contribution is -2.44. The number of hydrogen-bond donors (Lipinski definition) is 0. The fourth-order valence-electron chi connectivity index (χ4n) is 2.57. The van der Waals surface area contributed by atoms with Crippen LogP contribution in [0.4, 0.5) is 0 Å². The molecule has 1 saturated heterocycles. The second-order valence-electron chi connectivity index (χ2n) is 4.77. The summed E-state index contributed by atoms with van der Waals surface area (Å²) in [6.45, 7) is 1.50. The Morgan fingerprint density at radius 1 is 1.47 bits per heavy atom. The Bertz CT molecular complexity index is 493. The van der Waals surface area contributed by atoms with Gasteiger partial charge in [0.25, 0.3) is 0 Å². The first-order valence-electron chi connectivity index (χ1n) is 6.56. The van der Waals surface area contributed by atoms with E-state index in [1.807, 2.05) is 24.3 Å². The van der Waals surface area contributed by atoms with Gasteiger partial charge in [0.15, 0.2) is 0 Å². The van der Waals surface area contributed by atoms with Crippen LogP contribution in [0.5, 0.6) is 0 Å². The van der Waals surface area contributed by atoms with Gasteiger partial charge in [-0.05, 0) is 31.0 Å². The molecule has 2 rings (SSSR count). The highest BCUT2D eigenvalue weighted by Crippen LogP contribution is 2.21. The van der Waals surface area contributed by atoms with Crippen LogP contribution in [0, 0.1) is 11.3 Å². The van der Waals surface area contributed by atoms with Gasteiger partial charge in [0, 0.05) is 6.54 Å². The van der Waals surface area contributed by atoms with E-state index in [-0.39, 0.29) is 12.0 Å². The van der Waals surface area contributed by atoms with Gasteiger partial charge < -0.3 is 4.74 Å². The Hall–Kier alpha value is -1.86. The first kappa shape index (κ1) is 13.6. The van der Waals surface area contributed by atoms with E-state index >= 15 is 0 Å². The van der Waals surface area contributed by atoms with Crippen LogP contribution in [0.3, 0.4) is 0 Å². The van der Waals surface area contributed by atoms with Crippen molar-refractivity contribution >= 4 is 5.97 Å². The monoisotopic (exact) mass is 258 g/mol. The molecule has 1 aliphatic heterocycles. The highest BCUT2D eigenvalue weighted by atomic mass is 16.5. The number of nitriles is 1. The number of carbonyl (C=O) groups is 1. The maximum atomic E-state index is 11.8. The molecule has 0 aliphatic carbocycles. The van der Waals surface area contributed by atoms with E-state index in [1.54, 1.807) is 0 Å². The molecule has 1 aromatic rings. The molecule has 1 heterocycles. The minimum Gasteiger partial charge on any atom is -0.468 e. The molecular weight excluding hydrogens is 240 g/mol. The minimum atomic E-state index is -0.175. The molecule has 0 spiro atoms. The topological polar surface area (TPSA) is 53.3 Å². The smallest absolute Gasteiger partial charge is 0.323 e. The van der Waals surface area contributed by atoms with Crippen molar-refractivity contribution in [2.45, 2.75) is 31.8 Å². The standard InChI is InChI=1S/C15H18N2O2/c1-19-15(18)14-8-4-5-9-17(14)11-13-7-3-2-6-12(13)10-16/h2-3,6-7,14H,4-5,8-9,11H2,1H3/t14-/m1/s1. The van der Waals surface area contributed by atoms with Crippen LogP contribution in [-0.2, 0) is 16.1 Å². The summed E-state index contributed by atoms with van der Waals surface area (Å²) in [6.07, 6.45) is 2.97.